The average Bonchev–Trinajstić information content (AvgIpc) is 2.93. The lowest BCUT2D eigenvalue weighted by Crippen LogP contribution is -2.70. The van der Waals surface area contributed by atoms with Crippen molar-refractivity contribution in [2.45, 2.75) is 46.6 Å². The Morgan fingerprint density at radius 2 is 1.93 bits per heavy atom. The van der Waals surface area contributed by atoms with Gasteiger partial charge in [-0.1, -0.05) is 6.07 Å². The summed E-state index contributed by atoms with van der Waals surface area (Å²) in [5.41, 5.74) is 6.20. The number of pyridine rings is 1. The highest BCUT2D eigenvalue weighted by Crippen LogP contribution is 2.41. The Morgan fingerprint density at radius 3 is 2.60 bits per heavy atom. The molecular formula is C26H28IN4O6S3+. The molecule has 2 amide bonds. The molecule has 2 aromatic rings. The van der Waals surface area contributed by atoms with Gasteiger partial charge >= 0.3 is 11.9 Å². The number of amides is 2. The summed E-state index contributed by atoms with van der Waals surface area (Å²) in [4.78, 5) is 51.6. The molecular weight excluding hydrogens is 687 g/mol. The molecule has 1 aromatic heterocycles. The van der Waals surface area contributed by atoms with Crippen LogP contribution in [-0.4, -0.2) is 73.6 Å². The van der Waals surface area contributed by atoms with E-state index in [0.29, 0.717) is 36.5 Å². The van der Waals surface area contributed by atoms with Gasteiger partial charge in [-0.25, -0.2) is 9.36 Å². The summed E-state index contributed by atoms with van der Waals surface area (Å²) in [6.45, 7) is 0.636. The van der Waals surface area contributed by atoms with E-state index in [4.69, 9.17) is 10.8 Å². The van der Waals surface area contributed by atoms with E-state index in [1.165, 1.54) is 40.2 Å². The summed E-state index contributed by atoms with van der Waals surface area (Å²) < 4.78 is 3.01. The van der Waals surface area contributed by atoms with Crippen molar-refractivity contribution in [2.75, 3.05) is 17.3 Å². The molecule has 0 radical (unpaired) electrons. The van der Waals surface area contributed by atoms with Crippen LogP contribution in [0.25, 0.3) is 0 Å². The molecule has 2 aliphatic heterocycles. The Bertz CT molecular complexity index is 1330. The van der Waals surface area contributed by atoms with Crippen molar-refractivity contribution in [1.29, 1.82) is 0 Å². The third kappa shape index (κ3) is 7.72. The minimum atomic E-state index is -1.15. The van der Waals surface area contributed by atoms with Gasteiger partial charge in [-0.05, 0) is 52.8 Å². The van der Waals surface area contributed by atoms with Crippen molar-refractivity contribution in [3.05, 3.63) is 63.6 Å². The van der Waals surface area contributed by atoms with Crippen molar-refractivity contribution in [1.82, 2.24) is 10.2 Å². The van der Waals surface area contributed by atoms with Crippen LogP contribution in [0.3, 0.4) is 0 Å². The Hall–Kier alpha value is -2.27. The predicted octanol–water partition coefficient (Wildman–Crippen LogP) is 2.39. The van der Waals surface area contributed by atoms with E-state index in [9.17, 15) is 24.3 Å². The van der Waals surface area contributed by atoms with Crippen molar-refractivity contribution < 1.29 is 34.0 Å². The number of nitrogens with two attached hydrogens (primary N) is 1. The van der Waals surface area contributed by atoms with Crippen LogP contribution in [0.4, 0.5) is 0 Å². The SMILES string of the molecule is N[C@H](CCC[n+]1ccc(SCC2=C(C(=O)O)N3C(=O)[C@H](NC(=O)CSc4cccc(I)c4)[C@H]3SC2)cc1)C(=O)O. The van der Waals surface area contributed by atoms with E-state index in [2.05, 4.69) is 27.9 Å². The Morgan fingerprint density at radius 1 is 1.18 bits per heavy atom. The van der Waals surface area contributed by atoms with Crippen LogP contribution in [0, 0.1) is 3.57 Å². The number of aryl methyl sites for hydroxylation is 1. The Balaban J connectivity index is 1.30. The topological polar surface area (TPSA) is 154 Å². The molecule has 1 fully saturated rings. The summed E-state index contributed by atoms with van der Waals surface area (Å²) in [6, 6.07) is 10.00. The highest BCUT2D eigenvalue weighted by atomic mass is 127. The summed E-state index contributed by atoms with van der Waals surface area (Å²) in [5.74, 6) is -1.82. The monoisotopic (exact) mass is 715 g/mol. The summed E-state index contributed by atoms with van der Waals surface area (Å²) in [7, 11) is 0. The molecule has 3 heterocycles. The van der Waals surface area contributed by atoms with Gasteiger partial charge in [0, 0.05) is 43.4 Å². The molecule has 14 heteroatoms. The van der Waals surface area contributed by atoms with Gasteiger partial charge in [-0.3, -0.25) is 19.3 Å². The number of hydrogen-bond acceptors (Lipinski definition) is 8. The predicted molar refractivity (Wildman–Crippen MR) is 162 cm³/mol. The van der Waals surface area contributed by atoms with E-state index in [1.54, 1.807) is 0 Å². The first-order valence-electron chi connectivity index (χ1n) is 12.3. The molecule has 10 nitrogen and oxygen atoms in total. The first-order chi connectivity index (χ1) is 19.1. The second kappa shape index (κ2) is 14.1. The van der Waals surface area contributed by atoms with Crippen LogP contribution < -0.4 is 15.6 Å². The van der Waals surface area contributed by atoms with E-state index in [-0.39, 0.29) is 17.4 Å². The number of carbonyl (C=O) groups is 4. The molecule has 3 atom stereocenters. The maximum atomic E-state index is 12.9. The Labute approximate surface area is 257 Å². The lowest BCUT2D eigenvalue weighted by molar-refractivity contribution is -0.697. The lowest BCUT2D eigenvalue weighted by atomic mass is 10.0. The molecule has 0 spiro atoms. The number of thioether (sulfide) groups is 3. The normalized spacial score (nSPS) is 19.1. The largest absolute Gasteiger partial charge is 0.480 e. The fourth-order valence-corrected chi connectivity index (χ4v) is 8.08. The summed E-state index contributed by atoms with van der Waals surface area (Å²) >= 11 is 6.52. The molecule has 0 bridgehead atoms. The van der Waals surface area contributed by atoms with Gasteiger partial charge in [0.2, 0.25) is 5.91 Å². The number of halogens is 1. The second-order valence-corrected chi connectivity index (χ2v) is 13.6. The van der Waals surface area contributed by atoms with Crippen LogP contribution >= 0.6 is 57.9 Å². The third-order valence-electron chi connectivity index (χ3n) is 6.25. The number of aromatic nitrogens is 1. The highest BCUT2D eigenvalue weighted by molar-refractivity contribution is 14.1. The van der Waals surface area contributed by atoms with Gasteiger partial charge in [0.05, 0.1) is 5.75 Å². The summed E-state index contributed by atoms with van der Waals surface area (Å²) in [5, 5.41) is 21.1. The number of aliphatic carboxylic acids is 2. The number of carboxylic acids is 2. The number of rotatable bonds is 13. The fourth-order valence-electron chi connectivity index (χ4n) is 4.19. The lowest BCUT2D eigenvalue weighted by Gasteiger charge is -2.49. The molecule has 1 saturated heterocycles. The molecule has 0 unspecified atom stereocenters. The van der Waals surface area contributed by atoms with Crippen molar-refractivity contribution in [3.8, 4) is 0 Å². The van der Waals surface area contributed by atoms with Crippen molar-refractivity contribution in [2.24, 2.45) is 5.73 Å². The number of nitrogens with one attached hydrogen (secondary N) is 1. The maximum Gasteiger partial charge on any atom is 0.352 e. The molecule has 40 heavy (non-hydrogen) atoms. The van der Waals surface area contributed by atoms with E-state index < -0.39 is 35.3 Å². The summed E-state index contributed by atoms with van der Waals surface area (Å²) in [6.07, 6.45) is 4.79. The first-order valence-corrected chi connectivity index (χ1v) is 16.4. The third-order valence-corrected chi connectivity index (χ3v) is 10.4. The van der Waals surface area contributed by atoms with Crippen LogP contribution in [0.1, 0.15) is 12.8 Å². The smallest absolute Gasteiger partial charge is 0.352 e. The van der Waals surface area contributed by atoms with E-state index in [1.807, 2.05) is 53.4 Å². The molecule has 1 aromatic carbocycles. The number of nitrogens with zero attached hydrogens (tertiary/aromatic N) is 2. The van der Waals surface area contributed by atoms with Gasteiger partial charge in [0.25, 0.3) is 5.91 Å². The van der Waals surface area contributed by atoms with Crippen molar-refractivity contribution >= 4 is 81.6 Å². The number of carbonyl (C=O) groups excluding carboxylic acids is 2. The van der Waals surface area contributed by atoms with Gasteiger partial charge in [-0.15, -0.1) is 35.3 Å². The number of hydrogen-bond donors (Lipinski definition) is 4. The van der Waals surface area contributed by atoms with Crippen LogP contribution in [-0.2, 0) is 25.7 Å². The maximum absolute atomic E-state index is 12.9. The van der Waals surface area contributed by atoms with Crippen LogP contribution in [0.5, 0.6) is 0 Å². The standard InChI is InChI=1S/C26H27IN4O6S3/c27-16-3-1-4-18(11-16)39-14-20(32)29-21-23(33)31-22(26(36)37)15(13-40-24(21)31)12-38-17-6-9-30(10-7-17)8-2-5-19(28)25(34)35/h1,3-4,6-7,9-11,19,21,24H,2,5,8,12-14,28H2,(H2-,29,32,34,35,36,37)/p+1/t19-,21+,24-/m1/s1. The van der Waals surface area contributed by atoms with E-state index >= 15 is 0 Å². The minimum absolute atomic E-state index is 0.000694. The van der Waals surface area contributed by atoms with Gasteiger partial charge in [0.1, 0.15) is 29.7 Å². The number of fused-ring (bicyclic) bond motifs is 1. The number of carboxylic acid groups (broad SMARTS) is 2. The van der Waals surface area contributed by atoms with Gasteiger partial charge in [0.15, 0.2) is 12.4 Å². The average molecular weight is 716 g/mol. The molecule has 2 aliphatic rings. The molecule has 0 saturated carbocycles. The highest BCUT2D eigenvalue weighted by Gasteiger charge is 2.54. The van der Waals surface area contributed by atoms with Gasteiger partial charge < -0.3 is 21.3 Å². The minimum Gasteiger partial charge on any atom is -0.480 e. The second-order valence-electron chi connectivity index (χ2n) is 9.11. The first kappa shape index (κ1) is 30.7. The van der Waals surface area contributed by atoms with E-state index in [0.717, 1.165) is 13.4 Å². The molecule has 0 aliphatic carbocycles. The number of benzene rings is 1. The molecule has 4 rings (SSSR count). The van der Waals surface area contributed by atoms with Crippen LogP contribution in [0.2, 0.25) is 0 Å². The Kier molecular flexibility index (Phi) is 10.8. The molecule has 212 valence electrons. The van der Waals surface area contributed by atoms with Gasteiger partial charge in [-0.2, -0.15) is 0 Å². The molecule has 5 N–H and O–H groups in total. The van der Waals surface area contributed by atoms with Crippen molar-refractivity contribution in [3.63, 3.8) is 0 Å². The van der Waals surface area contributed by atoms with Crippen LogP contribution in [0.15, 0.2) is 69.9 Å². The fraction of sp³-hybridized carbons (Fsp3) is 0.346. The zero-order chi connectivity index (χ0) is 28.8. The zero-order valence-electron chi connectivity index (χ0n) is 21.2. The number of β-lactam (4-membered cyclic amide) rings is 1. The zero-order valence-corrected chi connectivity index (χ0v) is 25.8. The quantitative estimate of drug-likeness (QED) is 0.105.